The second kappa shape index (κ2) is 14.0. The second-order valence-corrected chi connectivity index (χ2v) is 8.21. The number of unbranched alkanes of at least 4 members (excludes halogenated alkanes) is 4. The second-order valence-electron chi connectivity index (χ2n) is 8.21. The van der Waals surface area contributed by atoms with Crippen LogP contribution in [-0.2, 0) is 13.1 Å². The standard InChI is InChI=1S/C28H40N/c1-3-5-7-9-17-23-29(24-18-10-8-6-4-2,25-27-19-13-11-14-20-27)26-28-21-15-12-16-22-28/h3-6,11-16,19-22H,7-10,17-18,23-26H2,1-2H3/q+1/b5-3+,6-4+. The minimum Gasteiger partial charge on any atom is -0.316 e. The van der Waals surface area contributed by atoms with E-state index in [9.17, 15) is 0 Å². The summed E-state index contributed by atoms with van der Waals surface area (Å²) in [6.07, 6.45) is 16.5. The molecule has 2 rings (SSSR count). The Hall–Kier alpha value is -2.12. The van der Waals surface area contributed by atoms with Crippen molar-refractivity contribution in [3.8, 4) is 0 Å². The zero-order valence-corrected chi connectivity index (χ0v) is 18.6. The van der Waals surface area contributed by atoms with Gasteiger partial charge in [-0.3, -0.25) is 0 Å². The molecule has 0 fully saturated rings. The zero-order chi connectivity index (χ0) is 20.6. The summed E-state index contributed by atoms with van der Waals surface area (Å²) in [5, 5.41) is 0. The molecule has 0 aliphatic carbocycles. The van der Waals surface area contributed by atoms with Crippen LogP contribution in [0, 0.1) is 0 Å². The van der Waals surface area contributed by atoms with E-state index in [2.05, 4.69) is 98.8 Å². The lowest BCUT2D eigenvalue weighted by Gasteiger charge is -2.39. The maximum atomic E-state index is 2.31. The minimum atomic E-state index is 1.13. The van der Waals surface area contributed by atoms with Crippen molar-refractivity contribution in [3.05, 3.63) is 96.1 Å². The van der Waals surface area contributed by atoms with Crippen LogP contribution >= 0.6 is 0 Å². The fraction of sp³-hybridized carbons (Fsp3) is 0.429. The lowest BCUT2D eigenvalue weighted by atomic mass is 10.1. The van der Waals surface area contributed by atoms with Gasteiger partial charge in [0, 0.05) is 11.1 Å². The van der Waals surface area contributed by atoms with E-state index in [0.29, 0.717) is 0 Å². The Morgan fingerprint density at radius 1 is 0.586 bits per heavy atom. The normalized spacial score (nSPS) is 12.2. The van der Waals surface area contributed by atoms with Gasteiger partial charge in [-0.05, 0) is 52.4 Å². The molecule has 0 saturated carbocycles. The minimum absolute atomic E-state index is 1.13. The maximum Gasteiger partial charge on any atom is 0.105 e. The predicted octanol–water partition coefficient (Wildman–Crippen LogP) is 7.70. The van der Waals surface area contributed by atoms with Crippen molar-refractivity contribution in [1.82, 2.24) is 0 Å². The molecule has 1 heteroatoms. The molecule has 0 aliphatic heterocycles. The molecule has 0 spiro atoms. The summed E-state index contributed by atoms with van der Waals surface area (Å²) in [6.45, 7) is 9.01. The zero-order valence-electron chi connectivity index (χ0n) is 18.6. The monoisotopic (exact) mass is 390 g/mol. The molecule has 0 heterocycles. The average molecular weight is 391 g/mol. The lowest BCUT2D eigenvalue weighted by molar-refractivity contribution is -0.954. The van der Waals surface area contributed by atoms with Crippen molar-refractivity contribution >= 4 is 0 Å². The Balaban J connectivity index is 2.17. The van der Waals surface area contributed by atoms with Gasteiger partial charge in [0.1, 0.15) is 13.1 Å². The lowest BCUT2D eigenvalue weighted by Crippen LogP contribution is -2.48. The van der Waals surface area contributed by atoms with Gasteiger partial charge in [0.25, 0.3) is 0 Å². The number of allylic oxidation sites excluding steroid dienone is 4. The summed E-state index contributed by atoms with van der Waals surface area (Å²) in [5.74, 6) is 0. The first-order valence-corrected chi connectivity index (χ1v) is 11.4. The van der Waals surface area contributed by atoms with Crippen LogP contribution in [0.15, 0.2) is 85.0 Å². The van der Waals surface area contributed by atoms with Gasteiger partial charge in [0.2, 0.25) is 0 Å². The van der Waals surface area contributed by atoms with Gasteiger partial charge in [-0.1, -0.05) is 85.0 Å². The highest BCUT2D eigenvalue weighted by Gasteiger charge is 2.27. The molecule has 0 radical (unpaired) electrons. The van der Waals surface area contributed by atoms with E-state index in [-0.39, 0.29) is 0 Å². The molecule has 29 heavy (non-hydrogen) atoms. The number of nitrogens with zero attached hydrogens (tertiary/aromatic N) is 1. The van der Waals surface area contributed by atoms with Crippen LogP contribution in [0.4, 0.5) is 0 Å². The third-order valence-electron chi connectivity index (χ3n) is 5.70. The van der Waals surface area contributed by atoms with Crippen LogP contribution in [-0.4, -0.2) is 17.6 Å². The summed E-state index contributed by atoms with van der Waals surface area (Å²) in [4.78, 5) is 0. The van der Waals surface area contributed by atoms with E-state index < -0.39 is 0 Å². The highest BCUT2D eigenvalue weighted by atomic mass is 15.3. The summed E-state index contributed by atoms with van der Waals surface area (Å²) in [5.41, 5.74) is 2.93. The Labute approximate surface area is 179 Å². The van der Waals surface area contributed by atoms with Crippen LogP contribution in [0.2, 0.25) is 0 Å². The van der Waals surface area contributed by atoms with Crippen molar-refractivity contribution in [2.45, 2.75) is 65.5 Å². The number of quaternary nitrogens is 1. The Bertz CT molecular complexity index is 636. The van der Waals surface area contributed by atoms with Gasteiger partial charge >= 0.3 is 0 Å². The fourth-order valence-electron chi connectivity index (χ4n) is 4.18. The fourth-order valence-corrected chi connectivity index (χ4v) is 4.18. The summed E-state index contributed by atoms with van der Waals surface area (Å²) >= 11 is 0. The molecule has 0 amide bonds. The molecule has 0 N–H and O–H groups in total. The first-order chi connectivity index (χ1) is 14.3. The van der Waals surface area contributed by atoms with E-state index >= 15 is 0 Å². The third-order valence-corrected chi connectivity index (χ3v) is 5.70. The number of hydrogen-bond acceptors (Lipinski definition) is 0. The predicted molar refractivity (Wildman–Crippen MR) is 128 cm³/mol. The van der Waals surface area contributed by atoms with Crippen LogP contribution < -0.4 is 0 Å². The number of benzene rings is 2. The van der Waals surface area contributed by atoms with E-state index in [1.165, 1.54) is 67.2 Å². The van der Waals surface area contributed by atoms with Crippen LogP contribution in [0.25, 0.3) is 0 Å². The highest BCUT2D eigenvalue weighted by Crippen LogP contribution is 2.23. The van der Waals surface area contributed by atoms with Crippen molar-refractivity contribution in [3.63, 3.8) is 0 Å². The van der Waals surface area contributed by atoms with Gasteiger partial charge < -0.3 is 4.48 Å². The van der Waals surface area contributed by atoms with Gasteiger partial charge in [0.15, 0.2) is 0 Å². The molecule has 0 unspecified atom stereocenters. The molecule has 2 aromatic carbocycles. The van der Waals surface area contributed by atoms with Crippen molar-refractivity contribution in [2.24, 2.45) is 0 Å². The molecule has 0 aromatic heterocycles. The first-order valence-electron chi connectivity index (χ1n) is 11.4. The summed E-state index contributed by atoms with van der Waals surface area (Å²) < 4.78 is 1.17. The maximum absolute atomic E-state index is 2.31. The Morgan fingerprint density at radius 2 is 1.00 bits per heavy atom. The van der Waals surface area contributed by atoms with Gasteiger partial charge in [-0.15, -0.1) is 0 Å². The van der Waals surface area contributed by atoms with E-state index in [0.717, 1.165) is 13.1 Å². The van der Waals surface area contributed by atoms with Crippen molar-refractivity contribution in [1.29, 1.82) is 0 Å². The van der Waals surface area contributed by atoms with E-state index in [4.69, 9.17) is 0 Å². The molecular formula is C28H40N+. The van der Waals surface area contributed by atoms with Gasteiger partial charge in [-0.25, -0.2) is 0 Å². The van der Waals surface area contributed by atoms with Crippen LogP contribution in [0.3, 0.4) is 0 Å². The van der Waals surface area contributed by atoms with Crippen LogP contribution in [0.5, 0.6) is 0 Å². The topological polar surface area (TPSA) is 0 Å². The van der Waals surface area contributed by atoms with Crippen LogP contribution in [0.1, 0.15) is 63.5 Å². The molecule has 0 bridgehead atoms. The third kappa shape index (κ3) is 9.28. The Morgan fingerprint density at radius 3 is 1.38 bits per heavy atom. The Kier molecular flexibility index (Phi) is 11.1. The smallest absolute Gasteiger partial charge is 0.105 e. The van der Waals surface area contributed by atoms with Crippen molar-refractivity contribution in [2.75, 3.05) is 13.1 Å². The molecule has 0 aliphatic rings. The molecule has 0 saturated heterocycles. The number of rotatable bonds is 14. The molecule has 1 nitrogen and oxygen atoms in total. The average Bonchev–Trinajstić information content (AvgIpc) is 2.75. The molecular weight excluding hydrogens is 350 g/mol. The van der Waals surface area contributed by atoms with E-state index in [1.807, 2.05) is 0 Å². The molecule has 156 valence electrons. The summed E-state index contributed by atoms with van der Waals surface area (Å²) in [7, 11) is 0. The van der Waals surface area contributed by atoms with Gasteiger partial charge in [0.05, 0.1) is 13.1 Å². The van der Waals surface area contributed by atoms with E-state index in [1.54, 1.807) is 0 Å². The summed E-state index contributed by atoms with van der Waals surface area (Å²) in [6, 6.07) is 22.2. The first kappa shape index (κ1) is 23.2. The quantitative estimate of drug-likeness (QED) is 0.176. The SMILES string of the molecule is C/C=C/CCCC[N+](CCCC/C=C/C)(Cc1ccccc1)Cc1ccccc1. The number of hydrogen-bond donors (Lipinski definition) is 0. The van der Waals surface area contributed by atoms with Crippen molar-refractivity contribution < 1.29 is 4.48 Å². The van der Waals surface area contributed by atoms with Gasteiger partial charge in [-0.2, -0.15) is 0 Å². The molecule has 2 aromatic rings. The highest BCUT2D eigenvalue weighted by molar-refractivity contribution is 5.15. The largest absolute Gasteiger partial charge is 0.316 e. The molecule has 0 atom stereocenters.